The van der Waals surface area contributed by atoms with Gasteiger partial charge in [0, 0.05) is 30.0 Å². The molecule has 1 aromatic carbocycles. The summed E-state index contributed by atoms with van der Waals surface area (Å²) in [5, 5.41) is 9.43. The molecule has 2 aromatic rings. The van der Waals surface area contributed by atoms with Crippen molar-refractivity contribution >= 4 is 11.9 Å². The third kappa shape index (κ3) is 3.04. The lowest BCUT2D eigenvalue weighted by molar-refractivity contribution is -0.142. The summed E-state index contributed by atoms with van der Waals surface area (Å²) in [6.45, 7) is 4.46. The van der Waals surface area contributed by atoms with E-state index in [1.54, 1.807) is 18.6 Å². The van der Waals surface area contributed by atoms with Crippen molar-refractivity contribution in [1.29, 1.82) is 0 Å². The first-order valence-electron chi connectivity index (χ1n) is 8.00. The zero-order valence-electron chi connectivity index (χ0n) is 13.8. The van der Waals surface area contributed by atoms with Crippen molar-refractivity contribution < 1.29 is 14.7 Å². The SMILES string of the molecule is CC1(C)CCC(C(=O)O)N1C(=O)c1cccc(Cn2ccnc2)c1. The van der Waals surface area contributed by atoms with Crippen LogP contribution in [-0.4, -0.2) is 43.0 Å². The van der Waals surface area contributed by atoms with Crippen molar-refractivity contribution in [3.63, 3.8) is 0 Å². The highest BCUT2D eigenvalue weighted by Crippen LogP contribution is 2.35. The Morgan fingerprint density at radius 2 is 2.17 bits per heavy atom. The van der Waals surface area contributed by atoms with Crippen molar-refractivity contribution in [2.24, 2.45) is 0 Å². The van der Waals surface area contributed by atoms with E-state index in [4.69, 9.17) is 0 Å². The van der Waals surface area contributed by atoms with Gasteiger partial charge in [0.25, 0.3) is 5.91 Å². The van der Waals surface area contributed by atoms with Gasteiger partial charge < -0.3 is 14.6 Å². The Hall–Kier alpha value is -2.63. The Morgan fingerprint density at radius 3 is 2.83 bits per heavy atom. The minimum Gasteiger partial charge on any atom is -0.480 e. The van der Waals surface area contributed by atoms with E-state index in [0.29, 0.717) is 24.9 Å². The number of imidazole rings is 1. The van der Waals surface area contributed by atoms with E-state index >= 15 is 0 Å². The fourth-order valence-corrected chi connectivity index (χ4v) is 3.34. The lowest BCUT2D eigenvalue weighted by Gasteiger charge is -2.34. The van der Waals surface area contributed by atoms with Gasteiger partial charge in [-0.15, -0.1) is 0 Å². The summed E-state index contributed by atoms with van der Waals surface area (Å²) < 4.78 is 1.92. The molecule has 1 aromatic heterocycles. The van der Waals surface area contributed by atoms with Crippen LogP contribution >= 0.6 is 0 Å². The Balaban J connectivity index is 1.87. The number of benzene rings is 1. The van der Waals surface area contributed by atoms with Gasteiger partial charge in [-0.3, -0.25) is 4.79 Å². The van der Waals surface area contributed by atoms with Crippen LogP contribution in [0.2, 0.25) is 0 Å². The van der Waals surface area contributed by atoms with E-state index in [1.165, 1.54) is 4.90 Å². The first kappa shape index (κ1) is 16.2. The maximum Gasteiger partial charge on any atom is 0.326 e. The van der Waals surface area contributed by atoms with Crippen LogP contribution in [0.15, 0.2) is 43.0 Å². The van der Waals surface area contributed by atoms with Crippen molar-refractivity contribution in [2.45, 2.75) is 44.8 Å². The zero-order valence-corrected chi connectivity index (χ0v) is 13.8. The quantitative estimate of drug-likeness (QED) is 0.935. The van der Waals surface area contributed by atoms with Crippen LogP contribution in [0, 0.1) is 0 Å². The molecule has 1 saturated heterocycles. The summed E-state index contributed by atoms with van der Waals surface area (Å²) in [7, 11) is 0. The molecule has 1 amide bonds. The Morgan fingerprint density at radius 1 is 1.38 bits per heavy atom. The number of carboxylic acid groups (broad SMARTS) is 1. The highest BCUT2D eigenvalue weighted by molar-refractivity contribution is 5.97. The van der Waals surface area contributed by atoms with Gasteiger partial charge in [0.1, 0.15) is 6.04 Å². The molecule has 1 aliphatic heterocycles. The molecule has 24 heavy (non-hydrogen) atoms. The van der Waals surface area contributed by atoms with E-state index in [0.717, 1.165) is 5.56 Å². The summed E-state index contributed by atoms with van der Waals surface area (Å²) in [6.07, 6.45) is 6.46. The molecule has 0 bridgehead atoms. The monoisotopic (exact) mass is 327 g/mol. The molecule has 0 saturated carbocycles. The molecular weight excluding hydrogens is 306 g/mol. The summed E-state index contributed by atoms with van der Waals surface area (Å²) in [5.74, 6) is -1.17. The van der Waals surface area contributed by atoms with E-state index in [9.17, 15) is 14.7 Å². The number of aliphatic carboxylic acids is 1. The number of rotatable bonds is 4. The lowest BCUT2D eigenvalue weighted by atomic mass is 10.0. The number of aromatic nitrogens is 2. The van der Waals surface area contributed by atoms with E-state index in [2.05, 4.69) is 4.98 Å². The second kappa shape index (κ2) is 6.11. The first-order chi connectivity index (χ1) is 11.4. The molecule has 126 valence electrons. The minimum atomic E-state index is -0.941. The normalized spacial score (nSPS) is 19.4. The van der Waals surface area contributed by atoms with Crippen molar-refractivity contribution in [2.75, 3.05) is 0 Å². The van der Waals surface area contributed by atoms with E-state index < -0.39 is 17.6 Å². The molecule has 2 heterocycles. The molecule has 0 aliphatic carbocycles. The third-order valence-electron chi connectivity index (χ3n) is 4.60. The number of hydrogen-bond acceptors (Lipinski definition) is 3. The molecule has 6 heteroatoms. The molecule has 1 fully saturated rings. The number of carbonyl (C=O) groups excluding carboxylic acids is 1. The van der Waals surface area contributed by atoms with Gasteiger partial charge in [-0.1, -0.05) is 12.1 Å². The maximum absolute atomic E-state index is 13.0. The number of carbonyl (C=O) groups is 2. The van der Waals surface area contributed by atoms with Crippen LogP contribution in [0.1, 0.15) is 42.6 Å². The standard InChI is InChI=1S/C18H21N3O3/c1-18(2)7-6-15(17(23)24)21(18)16(22)14-5-3-4-13(10-14)11-20-9-8-19-12-20/h3-5,8-10,12,15H,6-7,11H2,1-2H3,(H,23,24). The number of carboxylic acids is 1. The smallest absolute Gasteiger partial charge is 0.326 e. The molecule has 1 unspecified atom stereocenters. The van der Waals surface area contributed by atoms with Crippen molar-refractivity contribution in [3.8, 4) is 0 Å². The molecule has 0 spiro atoms. The summed E-state index contributed by atoms with van der Waals surface area (Å²) >= 11 is 0. The third-order valence-corrected chi connectivity index (χ3v) is 4.60. The highest BCUT2D eigenvalue weighted by atomic mass is 16.4. The van der Waals surface area contributed by atoms with Crippen LogP contribution in [-0.2, 0) is 11.3 Å². The molecule has 1 atom stereocenters. The average molecular weight is 327 g/mol. The summed E-state index contributed by atoms with van der Waals surface area (Å²) in [5.41, 5.74) is 1.04. The Labute approximate surface area is 140 Å². The molecule has 0 radical (unpaired) electrons. The van der Waals surface area contributed by atoms with Gasteiger partial charge >= 0.3 is 5.97 Å². The predicted molar refractivity (Wildman–Crippen MR) is 88.7 cm³/mol. The minimum absolute atomic E-state index is 0.225. The fraction of sp³-hybridized carbons (Fsp3) is 0.389. The van der Waals surface area contributed by atoms with Gasteiger partial charge in [-0.2, -0.15) is 0 Å². The Bertz CT molecular complexity index is 753. The maximum atomic E-state index is 13.0. The van der Waals surface area contributed by atoms with Gasteiger partial charge in [0.15, 0.2) is 0 Å². The van der Waals surface area contributed by atoms with Crippen LogP contribution in [0.25, 0.3) is 0 Å². The second-order valence-corrected chi connectivity index (χ2v) is 6.82. The topological polar surface area (TPSA) is 75.4 Å². The second-order valence-electron chi connectivity index (χ2n) is 6.82. The number of nitrogens with zero attached hydrogens (tertiary/aromatic N) is 3. The number of likely N-dealkylation sites (tertiary alicyclic amines) is 1. The van der Waals surface area contributed by atoms with E-state index in [-0.39, 0.29) is 5.91 Å². The average Bonchev–Trinajstić information content (AvgIpc) is 3.14. The molecule has 6 nitrogen and oxygen atoms in total. The number of hydrogen-bond donors (Lipinski definition) is 1. The summed E-state index contributed by atoms with van der Waals surface area (Å²) in [6, 6.07) is 6.59. The van der Waals surface area contributed by atoms with Crippen LogP contribution in [0.3, 0.4) is 0 Å². The highest BCUT2D eigenvalue weighted by Gasteiger charge is 2.45. The van der Waals surface area contributed by atoms with Crippen LogP contribution in [0.4, 0.5) is 0 Å². The predicted octanol–water partition coefficient (Wildman–Crippen LogP) is 2.40. The van der Waals surface area contributed by atoms with Crippen LogP contribution in [0.5, 0.6) is 0 Å². The van der Waals surface area contributed by atoms with Gasteiger partial charge in [0.05, 0.1) is 6.33 Å². The summed E-state index contributed by atoms with van der Waals surface area (Å²) in [4.78, 5) is 30.0. The zero-order chi connectivity index (χ0) is 17.3. The lowest BCUT2D eigenvalue weighted by Crippen LogP contribution is -2.49. The van der Waals surface area contributed by atoms with Gasteiger partial charge in [0.2, 0.25) is 0 Å². The number of amides is 1. The first-order valence-corrected chi connectivity index (χ1v) is 8.00. The largest absolute Gasteiger partial charge is 0.480 e. The molecule has 1 N–H and O–H groups in total. The van der Waals surface area contributed by atoms with Crippen molar-refractivity contribution in [3.05, 3.63) is 54.1 Å². The van der Waals surface area contributed by atoms with Crippen molar-refractivity contribution in [1.82, 2.24) is 14.5 Å². The molecular formula is C18H21N3O3. The van der Waals surface area contributed by atoms with E-state index in [1.807, 2.05) is 42.8 Å². The fourth-order valence-electron chi connectivity index (χ4n) is 3.34. The van der Waals surface area contributed by atoms with Gasteiger partial charge in [-0.05, 0) is 44.4 Å². The van der Waals surface area contributed by atoms with Gasteiger partial charge in [-0.25, -0.2) is 9.78 Å². The molecule has 3 rings (SSSR count). The van der Waals surface area contributed by atoms with Crippen LogP contribution < -0.4 is 0 Å². The molecule has 1 aliphatic rings. The Kier molecular flexibility index (Phi) is 4.13.